The molecule has 0 bridgehead atoms. The van der Waals surface area contributed by atoms with Crippen LogP contribution in [0.25, 0.3) is 6.08 Å². The zero-order valence-corrected chi connectivity index (χ0v) is 20.2. The molecule has 1 heterocycles. The van der Waals surface area contributed by atoms with Crippen LogP contribution in [-0.2, 0) is 9.53 Å². The van der Waals surface area contributed by atoms with Crippen LogP contribution < -0.4 is 4.74 Å². The van der Waals surface area contributed by atoms with Crippen molar-refractivity contribution >= 4 is 79.1 Å². The standard InChI is InChI=1S/C20H14BrI2NO3/c1-11(2)10-26-18-15(22)7-12(8-16(18)23)9-17-20(25)27-19(24-17)13-3-5-14(21)6-4-13/h3-9H,1,10H2,2H3/b17-9-. The second-order valence-corrected chi connectivity index (χ2v) is 9.14. The van der Waals surface area contributed by atoms with E-state index in [1.54, 1.807) is 6.08 Å². The van der Waals surface area contributed by atoms with Gasteiger partial charge in [0, 0.05) is 10.0 Å². The molecule has 0 amide bonds. The molecule has 3 rings (SSSR count). The summed E-state index contributed by atoms with van der Waals surface area (Å²) in [5.74, 6) is 0.666. The third kappa shape index (κ3) is 5.20. The molecule has 0 fully saturated rings. The summed E-state index contributed by atoms with van der Waals surface area (Å²) in [5, 5.41) is 0. The predicted octanol–water partition coefficient (Wildman–Crippen LogP) is 5.96. The third-order valence-corrected chi connectivity index (χ3v) is 5.63. The zero-order chi connectivity index (χ0) is 19.6. The van der Waals surface area contributed by atoms with Crippen LogP contribution in [0.5, 0.6) is 5.75 Å². The molecule has 0 N–H and O–H groups in total. The molecular weight excluding hydrogens is 636 g/mol. The van der Waals surface area contributed by atoms with Gasteiger partial charge in [0.25, 0.3) is 0 Å². The summed E-state index contributed by atoms with van der Waals surface area (Å²) < 4.78 is 14.0. The summed E-state index contributed by atoms with van der Waals surface area (Å²) in [7, 11) is 0. The highest BCUT2D eigenvalue weighted by Crippen LogP contribution is 2.31. The van der Waals surface area contributed by atoms with Gasteiger partial charge in [0.2, 0.25) is 5.90 Å². The third-order valence-electron chi connectivity index (χ3n) is 3.50. The van der Waals surface area contributed by atoms with Crippen molar-refractivity contribution in [1.82, 2.24) is 0 Å². The number of esters is 1. The van der Waals surface area contributed by atoms with Crippen molar-refractivity contribution in [3.05, 3.63) is 77.0 Å². The number of rotatable bonds is 5. The molecule has 2 aromatic rings. The van der Waals surface area contributed by atoms with Gasteiger partial charge in [0.05, 0.1) is 7.14 Å². The van der Waals surface area contributed by atoms with E-state index in [4.69, 9.17) is 9.47 Å². The SMILES string of the molecule is C=C(C)COc1c(I)cc(/C=C2\N=C(c3ccc(Br)cc3)OC2=O)cc1I. The number of carbonyl (C=O) groups excluding carboxylic acids is 1. The Morgan fingerprint density at radius 2 is 1.89 bits per heavy atom. The summed E-state index contributed by atoms with van der Waals surface area (Å²) in [6.07, 6.45) is 1.72. The van der Waals surface area contributed by atoms with Crippen LogP contribution >= 0.6 is 61.1 Å². The molecule has 0 saturated heterocycles. The van der Waals surface area contributed by atoms with E-state index in [1.807, 2.05) is 43.3 Å². The van der Waals surface area contributed by atoms with Crippen molar-refractivity contribution in [2.75, 3.05) is 6.61 Å². The normalized spacial score (nSPS) is 14.9. The van der Waals surface area contributed by atoms with E-state index in [2.05, 4.69) is 72.7 Å². The van der Waals surface area contributed by atoms with E-state index in [-0.39, 0.29) is 5.70 Å². The minimum absolute atomic E-state index is 0.273. The van der Waals surface area contributed by atoms with E-state index in [0.717, 1.165) is 34.1 Å². The van der Waals surface area contributed by atoms with Crippen LogP contribution in [0.3, 0.4) is 0 Å². The Kier molecular flexibility index (Phi) is 6.74. The minimum Gasteiger partial charge on any atom is -0.487 e. The fourth-order valence-corrected chi connectivity index (χ4v) is 4.67. The smallest absolute Gasteiger partial charge is 0.363 e. The predicted molar refractivity (Wildman–Crippen MR) is 127 cm³/mol. The number of benzene rings is 2. The van der Waals surface area contributed by atoms with Crippen LogP contribution in [0, 0.1) is 7.14 Å². The van der Waals surface area contributed by atoms with Gasteiger partial charge in [0.1, 0.15) is 12.4 Å². The van der Waals surface area contributed by atoms with Gasteiger partial charge in [-0.3, -0.25) is 0 Å². The summed E-state index contributed by atoms with van der Waals surface area (Å²) in [4.78, 5) is 16.5. The molecular formula is C20H14BrI2NO3. The van der Waals surface area contributed by atoms with Gasteiger partial charge in [-0.15, -0.1) is 0 Å². The maximum Gasteiger partial charge on any atom is 0.363 e. The summed E-state index contributed by atoms with van der Waals surface area (Å²) in [6, 6.07) is 11.3. The molecule has 0 aromatic heterocycles. The van der Waals surface area contributed by atoms with Crippen molar-refractivity contribution in [2.24, 2.45) is 4.99 Å². The molecule has 1 aliphatic rings. The first-order valence-electron chi connectivity index (χ1n) is 7.88. The van der Waals surface area contributed by atoms with E-state index >= 15 is 0 Å². The fraction of sp³-hybridized carbons (Fsp3) is 0.100. The molecule has 0 spiro atoms. The van der Waals surface area contributed by atoms with Crippen molar-refractivity contribution in [3.63, 3.8) is 0 Å². The highest BCUT2D eigenvalue weighted by Gasteiger charge is 2.24. The highest BCUT2D eigenvalue weighted by molar-refractivity contribution is 14.1. The average molecular weight is 650 g/mol. The largest absolute Gasteiger partial charge is 0.487 e. The summed E-state index contributed by atoms with van der Waals surface area (Å²) in [5.41, 5.74) is 2.84. The number of carbonyl (C=O) groups is 1. The molecule has 0 atom stereocenters. The van der Waals surface area contributed by atoms with E-state index in [0.29, 0.717) is 12.5 Å². The number of hydrogen-bond donors (Lipinski definition) is 0. The van der Waals surface area contributed by atoms with Gasteiger partial charge in [-0.1, -0.05) is 22.5 Å². The molecule has 1 aliphatic heterocycles. The Balaban J connectivity index is 1.88. The lowest BCUT2D eigenvalue weighted by Gasteiger charge is -2.11. The van der Waals surface area contributed by atoms with Crippen LogP contribution in [-0.4, -0.2) is 18.5 Å². The van der Waals surface area contributed by atoms with Crippen molar-refractivity contribution in [3.8, 4) is 5.75 Å². The maximum atomic E-state index is 12.2. The second kappa shape index (κ2) is 8.87. The molecule has 2 aromatic carbocycles. The first-order valence-corrected chi connectivity index (χ1v) is 10.8. The molecule has 0 radical (unpaired) electrons. The van der Waals surface area contributed by atoms with Gasteiger partial charge in [-0.2, -0.15) is 0 Å². The Bertz CT molecular complexity index is 958. The molecule has 0 saturated carbocycles. The number of cyclic esters (lactones) is 1. The first kappa shape index (κ1) is 20.5. The fourth-order valence-electron chi connectivity index (χ4n) is 2.28. The van der Waals surface area contributed by atoms with Gasteiger partial charge in [-0.05, 0) is 106 Å². The number of halogens is 3. The average Bonchev–Trinajstić information content (AvgIpc) is 2.95. The first-order chi connectivity index (χ1) is 12.8. The lowest BCUT2D eigenvalue weighted by atomic mass is 10.2. The van der Waals surface area contributed by atoms with E-state index in [1.165, 1.54) is 0 Å². The Hall–Kier alpha value is -1.20. The molecule has 27 heavy (non-hydrogen) atoms. The summed E-state index contributed by atoms with van der Waals surface area (Å²) in [6.45, 7) is 6.25. The molecule has 7 heteroatoms. The number of ether oxygens (including phenoxy) is 2. The van der Waals surface area contributed by atoms with Gasteiger partial charge >= 0.3 is 5.97 Å². The molecule has 0 aliphatic carbocycles. The molecule has 4 nitrogen and oxygen atoms in total. The number of hydrogen-bond acceptors (Lipinski definition) is 4. The van der Waals surface area contributed by atoms with Crippen LogP contribution in [0.2, 0.25) is 0 Å². The lowest BCUT2D eigenvalue weighted by Crippen LogP contribution is -2.05. The zero-order valence-electron chi connectivity index (χ0n) is 14.3. The summed E-state index contributed by atoms with van der Waals surface area (Å²) >= 11 is 7.83. The maximum absolute atomic E-state index is 12.2. The monoisotopic (exact) mass is 649 g/mol. The Morgan fingerprint density at radius 3 is 2.48 bits per heavy atom. The van der Waals surface area contributed by atoms with Crippen LogP contribution in [0.4, 0.5) is 0 Å². The highest BCUT2D eigenvalue weighted by atomic mass is 127. The van der Waals surface area contributed by atoms with E-state index < -0.39 is 5.97 Å². The van der Waals surface area contributed by atoms with Crippen LogP contribution in [0.15, 0.2) is 63.7 Å². The van der Waals surface area contributed by atoms with E-state index in [9.17, 15) is 4.79 Å². The molecule has 138 valence electrons. The number of aliphatic imine (C=N–C) groups is 1. The lowest BCUT2D eigenvalue weighted by molar-refractivity contribution is -0.129. The topological polar surface area (TPSA) is 47.9 Å². The van der Waals surface area contributed by atoms with Crippen molar-refractivity contribution in [1.29, 1.82) is 0 Å². The Morgan fingerprint density at radius 1 is 1.26 bits per heavy atom. The minimum atomic E-state index is -0.458. The van der Waals surface area contributed by atoms with Gasteiger partial charge in [-0.25, -0.2) is 9.79 Å². The van der Waals surface area contributed by atoms with Crippen LogP contribution in [0.1, 0.15) is 18.1 Å². The second-order valence-electron chi connectivity index (χ2n) is 5.90. The van der Waals surface area contributed by atoms with Gasteiger partial charge < -0.3 is 9.47 Å². The van der Waals surface area contributed by atoms with Gasteiger partial charge in [0.15, 0.2) is 5.70 Å². The van der Waals surface area contributed by atoms with Crippen molar-refractivity contribution < 1.29 is 14.3 Å². The Labute approximate surface area is 193 Å². The molecule has 0 unspecified atom stereocenters. The quantitative estimate of drug-likeness (QED) is 0.174. The number of nitrogens with zero attached hydrogens (tertiary/aromatic N) is 1. The van der Waals surface area contributed by atoms with Crippen molar-refractivity contribution in [2.45, 2.75) is 6.92 Å².